The summed E-state index contributed by atoms with van der Waals surface area (Å²) in [6, 6.07) is 19.2. The fourth-order valence-electron chi connectivity index (χ4n) is 3.21. The maximum Gasteiger partial charge on any atom is 0.223 e. The fraction of sp³-hybridized carbons (Fsp3) is 0.273. The van der Waals surface area contributed by atoms with E-state index in [2.05, 4.69) is 16.4 Å². The Labute approximate surface area is 169 Å². The molecule has 0 atom stereocenters. The highest BCUT2D eigenvalue weighted by Crippen LogP contribution is 2.22. The molecule has 1 saturated heterocycles. The molecule has 3 aromatic rings. The number of nitrogens with zero attached hydrogens (tertiary/aromatic N) is 5. The van der Waals surface area contributed by atoms with Crippen molar-refractivity contribution in [2.24, 2.45) is 0 Å². The number of para-hydroxylation sites is 1. The first kappa shape index (κ1) is 18.7. The molecule has 1 aromatic heterocycles. The molecule has 0 unspecified atom stereocenters. The molecule has 7 heteroatoms. The number of hydrogen-bond acceptors (Lipinski definition) is 5. The van der Waals surface area contributed by atoms with Gasteiger partial charge in [-0.1, -0.05) is 35.5 Å². The van der Waals surface area contributed by atoms with E-state index in [1.807, 2.05) is 58.2 Å². The van der Waals surface area contributed by atoms with Crippen LogP contribution in [0.4, 0.5) is 0 Å². The predicted octanol–water partition coefficient (Wildman–Crippen LogP) is 2.74. The molecule has 29 heavy (non-hydrogen) atoms. The molecule has 0 N–H and O–H groups in total. The highest BCUT2D eigenvalue weighted by molar-refractivity contribution is 5.77. The Morgan fingerprint density at radius 3 is 2.62 bits per heavy atom. The average Bonchev–Trinajstić information content (AvgIpc) is 3.19. The van der Waals surface area contributed by atoms with Gasteiger partial charge in [0, 0.05) is 19.5 Å². The van der Waals surface area contributed by atoms with Gasteiger partial charge in [0.1, 0.15) is 18.1 Å². The van der Waals surface area contributed by atoms with Gasteiger partial charge in [-0.2, -0.15) is 5.26 Å². The van der Waals surface area contributed by atoms with Crippen molar-refractivity contribution in [2.45, 2.75) is 25.5 Å². The van der Waals surface area contributed by atoms with Gasteiger partial charge in [0.05, 0.1) is 23.9 Å². The average molecular weight is 387 g/mol. The highest BCUT2D eigenvalue weighted by atomic mass is 16.5. The summed E-state index contributed by atoms with van der Waals surface area (Å²) < 4.78 is 7.50. The molecule has 0 spiro atoms. The van der Waals surface area contributed by atoms with Gasteiger partial charge in [-0.3, -0.25) is 4.79 Å². The Hall–Kier alpha value is -3.66. The van der Waals surface area contributed by atoms with Crippen LogP contribution in [0.25, 0.3) is 0 Å². The lowest BCUT2D eigenvalue weighted by Crippen LogP contribution is -2.51. The number of rotatable bonds is 7. The monoisotopic (exact) mass is 387 g/mol. The minimum atomic E-state index is 0.137. The van der Waals surface area contributed by atoms with Crippen molar-refractivity contribution in [2.75, 3.05) is 13.1 Å². The minimum absolute atomic E-state index is 0.137. The number of benzene rings is 2. The van der Waals surface area contributed by atoms with Crippen molar-refractivity contribution < 1.29 is 9.53 Å². The van der Waals surface area contributed by atoms with Crippen molar-refractivity contribution in [3.8, 4) is 11.8 Å². The van der Waals surface area contributed by atoms with Crippen LogP contribution < -0.4 is 4.74 Å². The van der Waals surface area contributed by atoms with Crippen LogP contribution in [0, 0.1) is 11.3 Å². The molecule has 0 radical (unpaired) electrons. The summed E-state index contributed by atoms with van der Waals surface area (Å²) in [6.45, 7) is 1.66. The molecule has 2 heterocycles. The van der Waals surface area contributed by atoms with Crippen LogP contribution in [0.3, 0.4) is 0 Å². The van der Waals surface area contributed by atoms with Crippen LogP contribution in [0.1, 0.15) is 29.3 Å². The number of likely N-dealkylation sites (tertiary alicyclic amines) is 1. The molecule has 0 aliphatic carbocycles. The fourth-order valence-corrected chi connectivity index (χ4v) is 3.21. The lowest BCUT2D eigenvalue weighted by atomic mass is 10.0. The summed E-state index contributed by atoms with van der Waals surface area (Å²) in [5.74, 6) is 0.933. The predicted molar refractivity (Wildman–Crippen MR) is 106 cm³/mol. The van der Waals surface area contributed by atoms with E-state index in [0.717, 1.165) is 17.0 Å². The summed E-state index contributed by atoms with van der Waals surface area (Å²) in [6.07, 6.45) is 3.02. The Kier molecular flexibility index (Phi) is 5.52. The molecule has 1 aliphatic rings. The van der Waals surface area contributed by atoms with Gasteiger partial charge >= 0.3 is 0 Å². The molecule has 1 fully saturated rings. The maximum atomic E-state index is 12.4. The van der Waals surface area contributed by atoms with E-state index in [1.54, 1.807) is 12.1 Å². The van der Waals surface area contributed by atoms with Crippen molar-refractivity contribution >= 4 is 5.91 Å². The SMILES string of the molecule is N#Cc1ccc(CCC(=O)N2CC(n3cc(COc4ccccc4)nn3)C2)cc1. The second-order valence-electron chi connectivity index (χ2n) is 7.05. The first-order valence-electron chi connectivity index (χ1n) is 9.56. The molecule has 0 bridgehead atoms. The molecule has 1 aliphatic heterocycles. The molecular formula is C22H21N5O2. The number of carbonyl (C=O) groups is 1. The third-order valence-corrected chi connectivity index (χ3v) is 4.99. The van der Waals surface area contributed by atoms with Crippen LogP contribution in [0.5, 0.6) is 5.75 Å². The minimum Gasteiger partial charge on any atom is -0.487 e. The largest absolute Gasteiger partial charge is 0.487 e. The van der Waals surface area contributed by atoms with Crippen molar-refractivity contribution in [1.82, 2.24) is 19.9 Å². The van der Waals surface area contributed by atoms with Gasteiger partial charge in [-0.15, -0.1) is 5.10 Å². The quantitative estimate of drug-likeness (QED) is 0.622. The van der Waals surface area contributed by atoms with Crippen molar-refractivity contribution in [3.05, 3.63) is 77.6 Å². The van der Waals surface area contributed by atoms with E-state index in [0.29, 0.717) is 38.1 Å². The van der Waals surface area contributed by atoms with Gasteiger partial charge < -0.3 is 9.64 Å². The van der Waals surface area contributed by atoms with Crippen molar-refractivity contribution in [1.29, 1.82) is 5.26 Å². The second-order valence-corrected chi connectivity index (χ2v) is 7.05. The number of amides is 1. The van der Waals surface area contributed by atoms with Crippen LogP contribution in [0.15, 0.2) is 60.8 Å². The first-order valence-corrected chi connectivity index (χ1v) is 9.56. The van der Waals surface area contributed by atoms with E-state index >= 15 is 0 Å². The standard InChI is InChI=1S/C22H21N5O2/c23-12-18-8-6-17(7-9-18)10-11-22(28)26-14-20(15-26)27-13-19(24-25-27)16-29-21-4-2-1-3-5-21/h1-9,13,20H,10-11,14-16H2. The van der Waals surface area contributed by atoms with Gasteiger partial charge in [0.2, 0.25) is 5.91 Å². The number of hydrogen-bond donors (Lipinski definition) is 0. The van der Waals surface area contributed by atoms with E-state index in [4.69, 9.17) is 10.00 Å². The number of carbonyl (C=O) groups excluding carboxylic acids is 1. The lowest BCUT2D eigenvalue weighted by Gasteiger charge is -2.39. The zero-order valence-corrected chi connectivity index (χ0v) is 15.9. The molecule has 4 rings (SSSR count). The Balaban J connectivity index is 1.21. The highest BCUT2D eigenvalue weighted by Gasteiger charge is 2.32. The van der Waals surface area contributed by atoms with Gasteiger partial charge in [0.15, 0.2) is 0 Å². The van der Waals surface area contributed by atoms with Gasteiger partial charge in [-0.05, 0) is 36.2 Å². The summed E-state index contributed by atoms with van der Waals surface area (Å²) in [5.41, 5.74) is 2.46. The van der Waals surface area contributed by atoms with E-state index in [1.165, 1.54) is 0 Å². The first-order chi connectivity index (χ1) is 14.2. The number of aromatic nitrogens is 3. The maximum absolute atomic E-state index is 12.4. The molecule has 1 amide bonds. The Bertz CT molecular complexity index is 1000. The van der Waals surface area contributed by atoms with Crippen LogP contribution in [0.2, 0.25) is 0 Å². The Morgan fingerprint density at radius 2 is 1.90 bits per heavy atom. The smallest absolute Gasteiger partial charge is 0.223 e. The topological polar surface area (TPSA) is 84.0 Å². The molecule has 2 aromatic carbocycles. The normalized spacial score (nSPS) is 13.6. The second kappa shape index (κ2) is 8.57. The third kappa shape index (κ3) is 4.61. The molecular weight excluding hydrogens is 366 g/mol. The zero-order chi connectivity index (χ0) is 20.1. The van der Waals surface area contributed by atoms with Crippen LogP contribution >= 0.6 is 0 Å². The van der Waals surface area contributed by atoms with Gasteiger partial charge in [0.25, 0.3) is 0 Å². The van der Waals surface area contributed by atoms with E-state index in [9.17, 15) is 4.79 Å². The molecule has 146 valence electrons. The molecule has 7 nitrogen and oxygen atoms in total. The summed E-state index contributed by atoms with van der Waals surface area (Å²) in [7, 11) is 0. The number of nitriles is 1. The third-order valence-electron chi connectivity index (χ3n) is 4.99. The van der Waals surface area contributed by atoms with Crippen molar-refractivity contribution in [3.63, 3.8) is 0 Å². The summed E-state index contributed by atoms with van der Waals surface area (Å²) in [5, 5.41) is 17.2. The number of aryl methyl sites for hydroxylation is 1. The van der Waals surface area contributed by atoms with Gasteiger partial charge in [-0.25, -0.2) is 4.68 Å². The van der Waals surface area contributed by atoms with Crippen LogP contribution in [-0.4, -0.2) is 38.9 Å². The number of ether oxygens (including phenoxy) is 1. The Morgan fingerprint density at radius 1 is 1.14 bits per heavy atom. The lowest BCUT2D eigenvalue weighted by molar-refractivity contribution is -0.137. The van der Waals surface area contributed by atoms with E-state index in [-0.39, 0.29) is 11.9 Å². The zero-order valence-electron chi connectivity index (χ0n) is 15.9. The van der Waals surface area contributed by atoms with E-state index < -0.39 is 0 Å². The molecule has 0 saturated carbocycles. The van der Waals surface area contributed by atoms with Crippen LogP contribution in [-0.2, 0) is 17.8 Å². The summed E-state index contributed by atoms with van der Waals surface area (Å²) >= 11 is 0. The summed E-state index contributed by atoms with van der Waals surface area (Å²) in [4.78, 5) is 14.2.